The number of nitrogens with one attached hydrogen (secondary N) is 1. The van der Waals surface area contributed by atoms with Crippen molar-refractivity contribution in [1.29, 1.82) is 0 Å². The summed E-state index contributed by atoms with van der Waals surface area (Å²) in [5.74, 6) is 1.49. The van der Waals surface area contributed by atoms with Crippen LogP contribution < -0.4 is 10.1 Å². The molecule has 26 heavy (non-hydrogen) atoms. The van der Waals surface area contributed by atoms with Gasteiger partial charge in [0.15, 0.2) is 0 Å². The molecule has 1 aliphatic rings. The molecule has 1 N–H and O–H groups in total. The number of aryl methyl sites for hydroxylation is 1. The van der Waals surface area contributed by atoms with E-state index in [0.29, 0.717) is 23.8 Å². The molecule has 0 atom stereocenters. The van der Waals surface area contributed by atoms with E-state index in [9.17, 15) is 4.79 Å². The Morgan fingerprint density at radius 2 is 2.19 bits per heavy atom. The first-order valence-electron chi connectivity index (χ1n) is 9.29. The van der Waals surface area contributed by atoms with E-state index in [1.54, 1.807) is 11.3 Å². The molecule has 1 saturated heterocycles. The van der Waals surface area contributed by atoms with E-state index in [1.165, 1.54) is 0 Å². The fourth-order valence-electron chi connectivity index (χ4n) is 3.22. The summed E-state index contributed by atoms with van der Waals surface area (Å²) in [6.07, 6.45) is 2.14. The van der Waals surface area contributed by atoms with Crippen LogP contribution in [0.1, 0.15) is 40.8 Å². The van der Waals surface area contributed by atoms with Crippen molar-refractivity contribution >= 4 is 17.2 Å². The maximum atomic E-state index is 12.8. The maximum Gasteiger partial charge on any atom is 0.253 e. The molecule has 0 unspecified atom stereocenters. The van der Waals surface area contributed by atoms with E-state index >= 15 is 0 Å². The van der Waals surface area contributed by atoms with Crippen LogP contribution in [-0.4, -0.2) is 42.0 Å². The van der Waals surface area contributed by atoms with E-state index in [0.717, 1.165) is 49.7 Å². The van der Waals surface area contributed by atoms with Gasteiger partial charge in [-0.1, -0.05) is 13.0 Å². The molecule has 140 valence electrons. The Labute approximate surface area is 159 Å². The minimum absolute atomic E-state index is 0.0989. The quantitative estimate of drug-likeness (QED) is 0.807. The minimum atomic E-state index is 0.0989. The lowest BCUT2D eigenvalue weighted by atomic mass is 9.96. The predicted octanol–water partition coefficient (Wildman–Crippen LogP) is 3.49. The molecule has 1 amide bonds. The van der Waals surface area contributed by atoms with Crippen LogP contribution in [-0.2, 0) is 6.61 Å². The number of aromatic nitrogens is 1. The largest absolute Gasteiger partial charge is 0.487 e. The summed E-state index contributed by atoms with van der Waals surface area (Å²) >= 11 is 1.61. The Morgan fingerprint density at radius 1 is 1.38 bits per heavy atom. The van der Waals surface area contributed by atoms with Crippen LogP contribution >= 0.6 is 11.3 Å². The Morgan fingerprint density at radius 3 is 2.88 bits per heavy atom. The van der Waals surface area contributed by atoms with Crippen LogP contribution in [0.4, 0.5) is 0 Å². The molecular weight excluding hydrogens is 346 g/mol. The first-order chi connectivity index (χ1) is 12.7. The predicted molar refractivity (Wildman–Crippen MR) is 105 cm³/mol. The number of carbonyl (C=O) groups is 1. The SMILES string of the molecule is CCNCC1CCN(C(=O)c2cccc(OCc3csc(C)n3)c2)CC1. The normalized spacial score (nSPS) is 15.2. The smallest absolute Gasteiger partial charge is 0.253 e. The number of likely N-dealkylation sites (tertiary alicyclic amines) is 1. The lowest BCUT2D eigenvalue weighted by molar-refractivity contribution is 0.0690. The van der Waals surface area contributed by atoms with Crippen molar-refractivity contribution in [2.75, 3.05) is 26.2 Å². The lowest BCUT2D eigenvalue weighted by Gasteiger charge is -2.32. The maximum absolute atomic E-state index is 12.8. The van der Waals surface area contributed by atoms with Crippen LogP contribution in [0.2, 0.25) is 0 Å². The third-order valence-corrected chi connectivity index (χ3v) is 5.54. The third kappa shape index (κ3) is 5.05. The van der Waals surface area contributed by atoms with Gasteiger partial charge < -0.3 is 15.0 Å². The van der Waals surface area contributed by atoms with Gasteiger partial charge in [-0.3, -0.25) is 4.79 Å². The number of amides is 1. The molecule has 3 rings (SSSR count). The van der Waals surface area contributed by atoms with Crippen molar-refractivity contribution in [2.45, 2.75) is 33.3 Å². The van der Waals surface area contributed by atoms with Gasteiger partial charge in [-0.05, 0) is 57.0 Å². The average molecular weight is 374 g/mol. The first kappa shape index (κ1) is 18.9. The molecule has 0 bridgehead atoms. The van der Waals surface area contributed by atoms with Crippen molar-refractivity contribution in [2.24, 2.45) is 5.92 Å². The summed E-state index contributed by atoms with van der Waals surface area (Å²) in [7, 11) is 0. The van der Waals surface area contributed by atoms with Gasteiger partial charge in [0.05, 0.1) is 10.7 Å². The molecule has 2 aromatic rings. The lowest BCUT2D eigenvalue weighted by Crippen LogP contribution is -2.40. The minimum Gasteiger partial charge on any atom is -0.487 e. The molecule has 0 aliphatic carbocycles. The highest BCUT2D eigenvalue weighted by Crippen LogP contribution is 2.21. The number of benzene rings is 1. The van der Waals surface area contributed by atoms with Crippen LogP contribution in [0.5, 0.6) is 5.75 Å². The Hall–Kier alpha value is -1.92. The second-order valence-electron chi connectivity index (χ2n) is 6.72. The summed E-state index contributed by atoms with van der Waals surface area (Å²) < 4.78 is 5.81. The van der Waals surface area contributed by atoms with Crippen molar-refractivity contribution in [1.82, 2.24) is 15.2 Å². The van der Waals surface area contributed by atoms with Gasteiger partial charge in [-0.2, -0.15) is 0 Å². The highest BCUT2D eigenvalue weighted by atomic mass is 32.1. The number of hydrogen-bond acceptors (Lipinski definition) is 5. The monoisotopic (exact) mass is 373 g/mol. The molecule has 1 aromatic heterocycles. The van der Waals surface area contributed by atoms with Crippen molar-refractivity contribution in [3.8, 4) is 5.75 Å². The Balaban J connectivity index is 1.55. The number of thiazole rings is 1. The number of piperidine rings is 1. The topological polar surface area (TPSA) is 54.5 Å². The summed E-state index contributed by atoms with van der Waals surface area (Å²) in [6, 6.07) is 7.48. The van der Waals surface area contributed by atoms with E-state index in [1.807, 2.05) is 41.5 Å². The van der Waals surface area contributed by atoms with Crippen molar-refractivity contribution in [3.63, 3.8) is 0 Å². The molecule has 5 nitrogen and oxygen atoms in total. The molecule has 2 heterocycles. The van der Waals surface area contributed by atoms with Crippen LogP contribution in [0.25, 0.3) is 0 Å². The zero-order valence-corrected chi connectivity index (χ0v) is 16.3. The molecule has 1 aromatic carbocycles. The molecule has 1 fully saturated rings. The summed E-state index contributed by atoms with van der Waals surface area (Å²) in [6.45, 7) is 8.26. The molecule has 0 radical (unpaired) electrons. The number of ether oxygens (including phenoxy) is 1. The fraction of sp³-hybridized carbons (Fsp3) is 0.500. The van der Waals surface area contributed by atoms with Gasteiger partial charge in [0, 0.05) is 24.0 Å². The Bertz CT molecular complexity index is 723. The second kappa shape index (κ2) is 9.14. The average Bonchev–Trinajstić information content (AvgIpc) is 3.10. The second-order valence-corrected chi connectivity index (χ2v) is 7.78. The first-order valence-corrected chi connectivity index (χ1v) is 10.2. The number of hydrogen-bond donors (Lipinski definition) is 1. The number of carbonyl (C=O) groups excluding carboxylic acids is 1. The highest BCUT2D eigenvalue weighted by Gasteiger charge is 2.23. The number of nitrogens with zero attached hydrogens (tertiary/aromatic N) is 2. The van der Waals surface area contributed by atoms with Crippen molar-refractivity contribution < 1.29 is 9.53 Å². The van der Waals surface area contributed by atoms with E-state index in [2.05, 4.69) is 17.2 Å². The zero-order chi connectivity index (χ0) is 18.4. The molecular formula is C20H27N3O2S. The van der Waals surface area contributed by atoms with Gasteiger partial charge in [-0.15, -0.1) is 11.3 Å². The van der Waals surface area contributed by atoms with Gasteiger partial charge in [0.1, 0.15) is 12.4 Å². The zero-order valence-electron chi connectivity index (χ0n) is 15.5. The van der Waals surface area contributed by atoms with Gasteiger partial charge in [0.25, 0.3) is 5.91 Å². The summed E-state index contributed by atoms with van der Waals surface area (Å²) in [4.78, 5) is 19.2. The summed E-state index contributed by atoms with van der Waals surface area (Å²) in [5.41, 5.74) is 1.62. The molecule has 0 saturated carbocycles. The number of rotatable bonds is 7. The van der Waals surface area contributed by atoms with Crippen molar-refractivity contribution in [3.05, 3.63) is 45.9 Å². The van der Waals surface area contributed by atoms with Gasteiger partial charge in [0.2, 0.25) is 0 Å². The fourth-order valence-corrected chi connectivity index (χ4v) is 3.82. The molecule has 6 heteroatoms. The van der Waals surface area contributed by atoms with E-state index in [4.69, 9.17) is 4.74 Å². The van der Waals surface area contributed by atoms with E-state index < -0.39 is 0 Å². The molecule has 0 spiro atoms. The van der Waals surface area contributed by atoms with Gasteiger partial charge in [-0.25, -0.2) is 4.98 Å². The standard InChI is InChI=1S/C20H27N3O2S/c1-3-21-12-16-7-9-23(10-8-16)20(24)17-5-4-6-19(11-17)25-13-18-14-26-15(2)22-18/h4-6,11,14,16,21H,3,7-10,12-13H2,1-2H3. The molecule has 1 aliphatic heterocycles. The summed E-state index contributed by atoms with van der Waals surface area (Å²) in [5, 5.41) is 6.44. The third-order valence-electron chi connectivity index (χ3n) is 4.72. The van der Waals surface area contributed by atoms with Crippen LogP contribution in [0.3, 0.4) is 0 Å². The van der Waals surface area contributed by atoms with Gasteiger partial charge >= 0.3 is 0 Å². The van der Waals surface area contributed by atoms with E-state index in [-0.39, 0.29) is 5.91 Å². The van der Waals surface area contributed by atoms with Crippen LogP contribution in [0.15, 0.2) is 29.6 Å². The Kier molecular flexibility index (Phi) is 6.63. The highest BCUT2D eigenvalue weighted by molar-refractivity contribution is 7.09. The van der Waals surface area contributed by atoms with Crippen LogP contribution in [0, 0.1) is 12.8 Å².